The quantitative estimate of drug-likeness (QED) is 0.914. The third kappa shape index (κ3) is 3.16. The molecule has 1 aromatic carbocycles. The number of aryl methyl sites for hydroxylation is 2. The van der Waals surface area contributed by atoms with Crippen LogP contribution in [0.1, 0.15) is 34.7 Å². The second kappa shape index (κ2) is 6.21. The van der Waals surface area contributed by atoms with E-state index in [-0.39, 0.29) is 11.9 Å². The molecule has 102 valence electrons. The van der Waals surface area contributed by atoms with Gasteiger partial charge in [-0.15, -0.1) is 5.10 Å². The summed E-state index contributed by atoms with van der Waals surface area (Å²) in [5, 5.41) is 7.46. The summed E-state index contributed by atoms with van der Waals surface area (Å²) in [5.74, 6) is -0.184. The molecule has 1 N–H and O–H groups in total. The van der Waals surface area contributed by atoms with Gasteiger partial charge >= 0.3 is 0 Å². The number of benzene rings is 1. The van der Waals surface area contributed by atoms with E-state index in [1.54, 1.807) is 6.07 Å². The molecule has 0 saturated heterocycles. The summed E-state index contributed by atoms with van der Waals surface area (Å²) in [6.45, 7) is 4.02. The topological polar surface area (TPSA) is 37.8 Å². The average Bonchev–Trinajstić information content (AvgIpc) is 2.86. The summed E-state index contributed by atoms with van der Waals surface area (Å²) in [6, 6.07) is 5.13. The number of hydrogen-bond acceptors (Lipinski definition) is 4. The highest BCUT2D eigenvalue weighted by atomic mass is 32.1. The fourth-order valence-electron chi connectivity index (χ4n) is 2.16. The van der Waals surface area contributed by atoms with Gasteiger partial charge in [0.25, 0.3) is 0 Å². The Balaban J connectivity index is 2.24. The van der Waals surface area contributed by atoms with Crippen LogP contribution in [0, 0.1) is 12.7 Å². The molecule has 0 spiro atoms. The lowest BCUT2D eigenvalue weighted by atomic mass is 9.99. The fraction of sp³-hybridized carbons (Fsp3) is 0.429. The molecule has 0 aliphatic carbocycles. The molecule has 0 saturated carbocycles. The van der Waals surface area contributed by atoms with Gasteiger partial charge in [0.15, 0.2) is 0 Å². The maximum Gasteiger partial charge on any atom is 0.123 e. The van der Waals surface area contributed by atoms with Crippen LogP contribution in [0.2, 0.25) is 0 Å². The Hall–Kier alpha value is -1.33. The molecular formula is C14H18FN3S. The largest absolute Gasteiger partial charge is 0.312 e. The van der Waals surface area contributed by atoms with Crippen molar-refractivity contribution < 1.29 is 4.39 Å². The third-order valence-corrected chi connectivity index (χ3v) is 4.19. The van der Waals surface area contributed by atoms with E-state index in [4.69, 9.17) is 0 Å². The number of aromatic nitrogens is 2. The van der Waals surface area contributed by atoms with Crippen molar-refractivity contribution in [3.63, 3.8) is 0 Å². The van der Waals surface area contributed by atoms with Crippen LogP contribution < -0.4 is 5.32 Å². The number of nitrogens with zero attached hydrogens (tertiary/aromatic N) is 2. The summed E-state index contributed by atoms with van der Waals surface area (Å²) in [5.41, 5.74) is 3.18. The van der Waals surface area contributed by atoms with Crippen LogP contribution in [0.4, 0.5) is 4.39 Å². The van der Waals surface area contributed by atoms with Gasteiger partial charge in [-0.25, -0.2) is 4.39 Å². The minimum atomic E-state index is -0.184. The molecule has 1 aromatic heterocycles. The van der Waals surface area contributed by atoms with E-state index in [2.05, 4.69) is 21.8 Å². The molecular weight excluding hydrogens is 261 g/mol. The Labute approximate surface area is 117 Å². The van der Waals surface area contributed by atoms with Gasteiger partial charge in [-0.05, 0) is 61.6 Å². The first-order valence-corrected chi connectivity index (χ1v) is 7.16. The first-order valence-electron chi connectivity index (χ1n) is 6.39. The lowest BCUT2D eigenvalue weighted by molar-refractivity contribution is 0.589. The summed E-state index contributed by atoms with van der Waals surface area (Å²) in [4.78, 5) is 1.17. The van der Waals surface area contributed by atoms with E-state index in [0.29, 0.717) is 0 Å². The van der Waals surface area contributed by atoms with Gasteiger partial charge in [0, 0.05) is 6.04 Å². The highest BCUT2D eigenvalue weighted by Gasteiger charge is 2.18. The summed E-state index contributed by atoms with van der Waals surface area (Å²) in [6.07, 6.45) is 1.70. The van der Waals surface area contributed by atoms with E-state index in [1.165, 1.54) is 22.5 Å². The van der Waals surface area contributed by atoms with E-state index < -0.39 is 0 Å². The smallest absolute Gasteiger partial charge is 0.123 e. The molecule has 2 rings (SSSR count). The monoisotopic (exact) mass is 279 g/mol. The third-order valence-electron chi connectivity index (χ3n) is 3.31. The van der Waals surface area contributed by atoms with Crippen LogP contribution in [0.5, 0.6) is 0 Å². The highest BCUT2D eigenvalue weighted by Crippen LogP contribution is 2.25. The summed E-state index contributed by atoms with van der Waals surface area (Å²) in [7, 11) is 1.93. The molecule has 0 bridgehead atoms. The van der Waals surface area contributed by atoms with Crippen molar-refractivity contribution in [3.8, 4) is 0 Å². The zero-order chi connectivity index (χ0) is 13.8. The average molecular weight is 279 g/mol. The van der Waals surface area contributed by atoms with Gasteiger partial charge in [0.2, 0.25) is 0 Å². The Bertz CT molecular complexity index is 553. The second-order valence-electron chi connectivity index (χ2n) is 4.55. The molecule has 0 fully saturated rings. The number of rotatable bonds is 5. The number of halogens is 1. The first-order chi connectivity index (χ1) is 9.15. The second-order valence-corrected chi connectivity index (χ2v) is 5.34. The van der Waals surface area contributed by atoms with Crippen LogP contribution in [0.15, 0.2) is 18.2 Å². The van der Waals surface area contributed by atoms with Crippen LogP contribution in [-0.2, 0) is 12.8 Å². The van der Waals surface area contributed by atoms with Crippen molar-refractivity contribution in [2.75, 3.05) is 7.05 Å². The van der Waals surface area contributed by atoms with E-state index in [9.17, 15) is 4.39 Å². The predicted octanol–water partition coefficient (Wildman–Crippen LogP) is 3.05. The van der Waals surface area contributed by atoms with Crippen molar-refractivity contribution in [2.24, 2.45) is 0 Å². The summed E-state index contributed by atoms with van der Waals surface area (Å²) >= 11 is 1.44. The SMILES string of the molecule is CCc1nnsc1C(Cc1ccc(F)cc1C)NC. The fourth-order valence-corrected chi connectivity index (χ4v) is 3.01. The molecule has 0 aliphatic rings. The van der Waals surface area contributed by atoms with Gasteiger partial charge in [-0.3, -0.25) is 0 Å². The van der Waals surface area contributed by atoms with Crippen molar-refractivity contribution in [2.45, 2.75) is 32.7 Å². The normalized spacial score (nSPS) is 12.6. The van der Waals surface area contributed by atoms with Crippen LogP contribution >= 0.6 is 11.5 Å². The molecule has 3 nitrogen and oxygen atoms in total. The Morgan fingerprint density at radius 2 is 2.21 bits per heavy atom. The highest BCUT2D eigenvalue weighted by molar-refractivity contribution is 7.05. The Morgan fingerprint density at radius 1 is 1.42 bits per heavy atom. The molecule has 0 radical (unpaired) electrons. The maximum atomic E-state index is 13.1. The van der Waals surface area contributed by atoms with Gasteiger partial charge in [0.05, 0.1) is 10.6 Å². The molecule has 5 heteroatoms. The zero-order valence-electron chi connectivity index (χ0n) is 11.4. The van der Waals surface area contributed by atoms with E-state index in [1.807, 2.05) is 20.0 Å². The summed E-state index contributed by atoms with van der Waals surface area (Å²) < 4.78 is 17.2. The van der Waals surface area contributed by atoms with Crippen molar-refractivity contribution in [1.82, 2.24) is 14.9 Å². The van der Waals surface area contributed by atoms with Gasteiger partial charge in [0.1, 0.15) is 5.82 Å². The molecule has 1 unspecified atom stereocenters. The standard InChI is InChI=1S/C14H18FN3S/c1-4-12-14(19-18-17-12)13(16-3)8-10-5-6-11(15)7-9(10)2/h5-7,13,16H,4,8H2,1-3H3. The lowest BCUT2D eigenvalue weighted by Gasteiger charge is -2.16. The van der Waals surface area contributed by atoms with Crippen LogP contribution in [0.25, 0.3) is 0 Å². The molecule has 2 aromatic rings. The molecule has 1 heterocycles. The minimum Gasteiger partial charge on any atom is -0.312 e. The number of hydrogen-bond donors (Lipinski definition) is 1. The van der Waals surface area contributed by atoms with E-state index in [0.717, 1.165) is 29.7 Å². The van der Waals surface area contributed by atoms with Crippen molar-refractivity contribution in [3.05, 3.63) is 45.7 Å². The maximum absolute atomic E-state index is 13.1. The van der Waals surface area contributed by atoms with Crippen molar-refractivity contribution >= 4 is 11.5 Å². The predicted molar refractivity (Wildman–Crippen MR) is 75.9 cm³/mol. The van der Waals surface area contributed by atoms with Crippen molar-refractivity contribution in [1.29, 1.82) is 0 Å². The van der Waals surface area contributed by atoms with E-state index >= 15 is 0 Å². The van der Waals surface area contributed by atoms with Gasteiger partial charge in [-0.2, -0.15) is 0 Å². The lowest BCUT2D eigenvalue weighted by Crippen LogP contribution is -2.19. The number of nitrogens with one attached hydrogen (secondary N) is 1. The van der Waals surface area contributed by atoms with Gasteiger partial charge < -0.3 is 5.32 Å². The Kier molecular flexibility index (Phi) is 4.61. The first kappa shape index (κ1) is 14.1. The van der Waals surface area contributed by atoms with Crippen LogP contribution in [-0.4, -0.2) is 16.6 Å². The molecule has 1 atom stereocenters. The Morgan fingerprint density at radius 3 is 2.84 bits per heavy atom. The molecule has 0 amide bonds. The number of likely N-dealkylation sites (N-methyl/N-ethyl adjacent to an activating group) is 1. The van der Waals surface area contributed by atoms with Gasteiger partial charge in [-0.1, -0.05) is 17.5 Å². The molecule has 19 heavy (non-hydrogen) atoms. The zero-order valence-corrected chi connectivity index (χ0v) is 12.2. The minimum absolute atomic E-state index is 0.180. The van der Waals surface area contributed by atoms with Crippen LogP contribution in [0.3, 0.4) is 0 Å². The molecule has 0 aliphatic heterocycles.